The van der Waals surface area contributed by atoms with Gasteiger partial charge in [-0.3, -0.25) is 4.79 Å². The summed E-state index contributed by atoms with van der Waals surface area (Å²) in [6, 6.07) is 7.75. The zero-order chi connectivity index (χ0) is 13.7. The van der Waals surface area contributed by atoms with Crippen molar-refractivity contribution >= 4 is 5.91 Å². The Morgan fingerprint density at radius 3 is 3.00 bits per heavy atom. The van der Waals surface area contributed by atoms with E-state index in [1.165, 1.54) is 0 Å². The summed E-state index contributed by atoms with van der Waals surface area (Å²) >= 11 is 0. The minimum atomic E-state index is -0.0400. The van der Waals surface area contributed by atoms with E-state index in [1.807, 2.05) is 31.2 Å². The van der Waals surface area contributed by atoms with E-state index in [1.54, 1.807) is 7.11 Å². The molecule has 1 unspecified atom stereocenters. The second-order valence-electron chi connectivity index (χ2n) is 5.01. The van der Waals surface area contributed by atoms with Crippen LogP contribution in [-0.4, -0.2) is 25.6 Å². The zero-order valence-electron chi connectivity index (χ0n) is 11.6. The highest BCUT2D eigenvalue weighted by molar-refractivity contribution is 5.82. The summed E-state index contributed by atoms with van der Waals surface area (Å²) in [6.45, 7) is 2.93. The Bertz CT molecular complexity index is 428. The third kappa shape index (κ3) is 3.70. The highest BCUT2D eigenvalue weighted by Crippen LogP contribution is 2.19. The number of carbonyl (C=O) groups excluding carboxylic acids is 1. The molecule has 104 valence electrons. The average molecular weight is 262 g/mol. The lowest BCUT2D eigenvalue weighted by molar-refractivity contribution is -0.124. The maximum atomic E-state index is 12.1. The number of ether oxygens (including phenoxy) is 1. The van der Waals surface area contributed by atoms with Gasteiger partial charge in [-0.15, -0.1) is 0 Å². The smallest absolute Gasteiger partial charge is 0.237 e. The summed E-state index contributed by atoms with van der Waals surface area (Å²) < 4.78 is 5.20. The van der Waals surface area contributed by atoms with Crippen molar-refractivity contribution in [1.82, 2.24) is 10.6 Å². The standard InChI is InChI=1S/C15H22N2O2/c1-11(12-6-5-7-13(10-12)19-2)17-15(18)14-8-3-4-9-16-14/h5-7,10-11,14,16H,3-4,8-9H2,1-2H3,(H,17,18)/t11-,14?/m1/s1. The molecule has 4 heteroatoms. The van der Waals surface area contributed by atoms with Gasteiger partial charge in [0.25, 0.3) is 0 Å². The van der Waals surface area contributed by atoms with Gasteiger partial charge >= 0.3 is 0 Å². The number of hydrogen-bond acceptors (Lipinski definition) is 3. The van der Waals surface area contributed by atoms with E-state index in [0.717, 1.165) is 37.1 Å². The third-order valence-corrected chi connectivity index (χ3v) is 3.58. The molecule has 0 saturated carbocycles. The monoisotopic (exact) mass is 262 g/mol. The number of carbonyl (C=O) groups is 1. The lowest BCUT2D eigenvalue weighted by atomic mass is 10.0. The quantitative estimate of drug-likeness (QED) is 0.872. The van der Waals surface area contributed by atoms with Gasteiger partial charge < -0.3 is 15.4 Å². The first kappa shape index (κ1) is 13.9. The third-order valence-electron chi connectivity index (χ3n) is 3.58. The molecule has 2 atom stereocenters. The average Bonchev–Trinajstić information content (AvgIpc) is 2.48. The van der Waals surface area contributed by atoms with Crippen molar-refractivity contribution in [2.24, 2.45) is 0 Å². The summed E-state index contributed by atoms with van der Waals surface area (Å²) in [4.78, 5) is 12.1. The van der Waals surface area contributed by atoms with Crippen molar-refractivity contribution in [2.75, 3.05) is 13.7 Å². The predicted octanol–water partition coefficient (Wildman–Crippen LogP) is 2.01. The van der Waals surface area contributed by atoms with E-state index < -0.39 is 0 Å². The first-order valence-electron chi connectivity index (χ1n) is 6.88. The van der Waals surface area contributed by atoms with E-state index in [0.29, 0.717) is 0 Å². The van der Waals surface area contributed by atoms with Crippen LogP contribution >= 0.6 is 0 Å². The Morgan fingerprint density at radius 1 is 1.47 bits per heavy atom. The molecule has 2 N–H and O–H groups in total. The molecular formula is C15H22N2O2. The fraction of sp³-hybridized carbons (Fsp3) is 0.533. The van der Waals surface area contributed by atoms with Crippen LogP contribution in [0.5, 0.6) is 5.75 Å². The largest absolute Gasteiger partial charge is 0.497 e. The molecule has 0 bridgehead atoms. The number of piperidine rings is 1. The van der Waals surface area contributed by atoms with Crippen LogP contribution in [0.25, 0.3) is 0 Å². The second-order valence-corrected chi connectivity index (χ2v) is 5.01. The van der Waals surface area contributed by atoms with Crippen molar-refractivity contribution in [3.63, 3.8) is 0 Å². The van der Waals surface area contributed by atoms with Crippen molar-refractivity contribution in [3.8, 4) is 5.75 Å². The first-order valence-corrected chi connectivity index (χ1v) is 6.88. The SMILES string of the molecule is COc1cccc([C@@H](C)NC(=O)C2CCCCN2)c1. The Morgan fingerprint density at radius 2 is 2.32 bits per heavy atom. The molecule has 1 aliphatic rings. The van der Waals surface area contributed by atoms with Gasteiger partial charge in [0, 0.05) is 0 Å². The maximum absolute atomic E-state index is 12.1. The van der Waals surface area contributed by atoms with E-state index in [9.17, 15) is 4.79 Å². The topological polar surface area (TPSA) is 50.4 Å². The molecule has 19 heavy (non-hydrogen) atoms. The Labute approximate surface area is 114 Å². The summed E-state index contributed by atoms with van der Waals surface area (Å²) in [5, 5.41) is 6.32. The molecule has 1 aromatic carbocycles. The molecular weight excluding hydrogens is 240 g/mol. The number of methoxy groups -OCH3 is 1. The summed E-state index contributed by atoms with van der Waals surface area (Å²) in [6.07, 6.45) is 3.21. The maximum Gasteiger partial charge on any atom is 0.237 e. The summed E-state index contributed by atoms with van der Waals surface area (Å²) in [7, 11) is 1.65. The van der Waals surface area contributed by atoms with Crippen LogP contribution < -0.4 is 15.4 Å². The van der Waals surface area contributed by atoms with Gasteiger partial charge in [0.2, 0.25) is 5.91 Å². The fourth-order valence-corrected chi connectivity index (χ4v) is 2.38. The lowest BCUT2D eigenvalue weighted by Crippen LogP contribution is -2.47. The van der Waals surface area contributed by atoms with E-state index >= 15 is 0 Å². The molecule has 0 spiro atoms. The van der Waals surface area contributed by atoms with Crippen molar-refractivity contribution in [2.45, 2.75) is 38.3 Å². The fourth-order valence-electron chi connectivity index (χ4n) is 2.38. The van der Waals surface area contributed by atoms with Crippen LogP contribution in [-0.2, 0) is 4.79 Å². The van der Waals surface area contributed by atoms with Gasteiger partial charge in [-0.2, -0.15) is 0 Å². The van der Waals surface area contributed by atoms with Crippen LogP contribution in [0.3, 0.4) is 0 Å². The first-order chi connectivity index (χ1) is 9.20. The Balaban J connectivity index is 1.95. The number of nitrogens with one attached hydrogen (secondary N) is 2. The van der Waals surface area contributed by atoms with Crippen LogP contribution in [0.15, 0.2) is 24.3 Å². The van der Waals surface area contributed by atoms with E-state index in [-0.39, 0.29) is 18.0 Å². The minimum Gasteiger partial charge on any atom is -0.497 e. The molecule has 0 radical (unpaired) electrons. The molecule has 1 saturated heterocycles. The van der Waals surface area contributed by atoms with Crippen LogP contribution in [0.2, 0.25) is 0 Å². The van der Waals surface area contributed by atoms with Crippen LogP contribution in [0.1, 0.15) is 37.8 Å². The van der Waals surface area contributed by atoms with Gasteiger partial charge in [-0.05, 0) is 44.0 Å². The minimum absolute atomic E-state index is 0.00803. The van der Waals surface area contributed by atoms with Crippen molar-refractivity contribution < 1.29 is 9.53 Å². The molecule has 0 aliphatic carbocycles. The predicted molar refractivity (Wildman–Crippen MR) is 75.2 cm³/mol. The summed E-state index contributed by atoms with van der Waals surface area (Å²) in [5.41, 5.74) is 1.06. The normalized spacial score (nSPS) is 20.6. The van der Waals surface area contributed by atoms with Crippen molar-refractivity contribution in [1.29, 1.82) is 0 Å². The van der Waals surface area contributed by atoms with Gasteiger partial charge in [0.1, 0.15) is 5.75 Å². The zero-order valence-corrected chi connectivity index (χ0v) is 11.6. The molecule has 1 heterocycles. The summed E-state index contributed by atoms with van der Waals surface area (Å²) in [5.74, 6) is 0.907. The van der Waals surface area contributed by atoms with Gasteiger partial charge in [0.15, 0.2) is 0 Å². The highest BCUT2D eigenvalue weighted by Gasteiger charge is 2.22. The number of rotatable bonds is 4. The van der Waals surface area contributed by atoms with Crippen LogP contribution in [0.4, 0.5) is 0 Å². The number of benzene rings is 1. The molecule has 2 rings (SSSR count). The lowest BCUT2D eigenvalue weighted by Gasteiger charge is -2.24. The molecule has 1 aromatic rings. The van der Waals surface area contributed by atoms with Crippen LogP contribution in [0, 0.1) is 0 Å². The highest BCUT2D eigenvalue weighted by atomic mass is 16.5. The molecule has 4 nitrogen and oxygen atoms in total. The molecule has 1 fully saturated rings. The molecule has 1 aliphatic heterocycles. The van der Waals surface area contributed by atoms with Gasteiger partial charge in [-0.1, -0.05) is 18.6 Å². The number of hydrogen-bond donors (Lipinski definition) is 2. The van der Waals surface area contributed by atoms with E-state index in [4.69, 9.17) is 4.74 Å². The van der Waals surface area contributed by atoms with Crippen molar-refractivity contribution in [3.05, 3.63) is 29.8 Å². The Kier molecular flexibility index (Phi) is 4.80. The second kappa shape index (κ2) is 6.57. The molecule has 1 amide bonds. The molecule has 0 aromatic heterocycles. The Hall–Kier alpha value is -1.55. The van der Waals surface area contributed by atoms with E-state index in [2.05, 4.69) is 10.6 Å². The van der Waals surface area contributed by atoms with Gasteiger partial charge in [0.05, 0.1) is 19.2 Å². The number of amides is 1. The van der Waals surface area contributed by atoms with Gasteiger partial charge in [-0.25, -0.2) is 0 Å².